The molecule has 1 aliphatic heterocycles. The van der Waals surface area contributed by atoms with Crippen LogP contribution in [0.15, 0.2) is 72.2 Å². The Hall–Kier alpha value is -3.93. The monoisotopic (exact) mass is 538 g/mol. The maximum atomic E-state index is 14.8. The second-order valence-electron chi connectivity index (χ2n) is 11.2. The largest absolute Gasteiger partial charge is 0.492 e. The third-order valence-electron chi connectivity index (χ3n) is 8.02. The molecule has 0 saturated carbocycles. The van der Waals surface area contributed by atoms with Gasteiger partial charge in [-0.1, -0.05) is 60.7 Å². The van der Waals surface area contributed by atoms with Crippen LogP contribution in [0.5, 0.6) is 0 Å². The molecule has 204 valence electrons. The third-order valence-corrected chi connectivity index (χ3v) is 8.02. The number of hydrogen-bond donors (Lipinski definition) is 1. The van der Waals surface area contributed by atoms with E-state index in [0.29, 0.717) is 11.0 Å². The van der Waals surface area contributed by atoms with E-state index in [-0.39, 0.29) is 31.1 Å². The lowest BCUT2D eigenvalue weighted by Crippen LogP contribution is -2.41. The van der Waals surface area contributed by atoms with Gasteiger partial charge in [-0.05, 0) is 73.1 Å². The van der Waals surface area contributed by atoms with Gasteiger partial charge in [-0.25, -0.2) is 9.18 Å². The Morgan fingerprint density at radius 3 is 2.23 bits per heavy atom. The molecule has 0 bridgehead atoms. The Labute approximate surface area is 234 Å². The zero-order chi connectivity index (χ0) is 28.5. The fraction of sp³-hybridized carbons (Fsp3) is 0.312. The first kappa shape index (κ1) is 27.6. The van der Waals surface area contributed by atoms with Crippen molar-refractivity contribution in [2.75, 3.05) is 13.2 Å². The van der Waals surface area contributed by atoms with E-state index in [1.807, 2.05) is 52.0 Å². The molecule has 2 aliphatic rings. The number of carbonyl (C=O) groups is 1. The summed E-state index contributed by atoms with van der Waals surface area (Å²) in [7, 11) is -0.807. The first-order valence-corrected chi connectivity index (χ1v) is 13.4. The maximum absolute atomic E-state index is 14.8. The van der Waals surface area contributed by atoms with Crippen LogP contribution in [-0.4, -0.2) is 37.6 Å². The topological polar surface area (TPSA) is 80.6 Å². The van der Waals surface area contributed by atoms with Gasteiger partial charge in [0.15, 0.2) is 0 Å². The molecule has 0 radical (unpaired) electrons. The first-order valence-electron chi connectivity index (χ1n) is 13.4. The molecule has 3 aromatic rings. The van der Waals surface area contributed by atoms with Crippen molar-refractivity contribution < 1.29 is 23.2 Å². The molecule has 0 unspecified atom stereocenters. The number of hydrogen-bond acceptors (Lipinski definition) is 5. The zero-order valence-electron chi connectivity index (χ0n) is 23.2. The summed E-state index contributed by atoms with van der Waals surface area (Å²) in [5, 5.41) is 11.9. The number of benzene rings is 3. The molecule has 1 fully saturated rings. The van der Waals surface area contributed by atoms with Gasteiger partial charge in [-0.15, -0.1) is 0 Å². The molecule has 0 spiro atoms. The highest BCUT2D eigenvalue weighted by molar-refractivity contribution is 6.56. The summed E-state index contributed by atoms with van der Waals surface area (Å²) in [5.41, 5.74) is 4.81. The van der Waals surface area contributed by atoms with Gasteiger partial charge >= 0.3 is 13.2 Å². The molecule has 6 nitrogen and oxygen atoms in total. The van der Waals surface area contributed by atoms with Crippen LogP contribution in [0.3, 0.4) is 0 Å². The Morgan fingerprint density at radius 1 is 1.02 bits per heavy atom. The van der Waals surface area contributed by atoms with Crippen LogP contribution in [0.1, 0.15) is 55.9 Å². The Morgan fingerprint density at radius 2 is 1.62 bits per heavy atom. The molecular weight excluding hydrogens is 506 g/mol. The van der Waals surface area contributed by atoms with Gasteiger partial charge in [-0.3, -0.25) is 0 Å². The van der Waals surface area contributed by atoms with Crippen molar-refractivity contribution in [3.05, 3.63) is 100 Å². The average Bonchev–Trinajstić information content (AvgIpc) is 3.36. The second-order valence-corrected chi connectivity index (χ2v) is 11.2. The summed E-state index contributed by atoms with van der Waals surface area (Å²) in [4.78, 5) is 12.9. The minimum atomic E-state index is -0.807. The highest BCUT2D eigenvalue weighted by Crippen LogP contribution is 2.44. The third kappa shape index (κ3) is 5.40. The number of fused-ring (bicyclic) bond motifs is 3. The smallest absolute Gasteiger partial charge is 0.449 e. The van der Waals surface area contributed by atoms with Crippen molar-refractivity contribution in [3.8, 4) is 17.2 Å². The number of rotatable bonds is 7. The number of halogens is 1. The van der Waals surface area contributed by atoms with Gasteiger partial charge in [0, 0.05) is 18.0 Å². The van der Waals surface area contributed by atoms with Gasteiger partial charge in [-0.2, -0.15) is 5.26 Å². The van der Waals surface area contributed by atoms with Crippen LogP contribution in [0.4, 0.5) is 9.18 Å². The predicted octanol–water partition coefficient (Wildman–Crippen LogP) is 6.45. The zero-order valence-corrected chi connectivity index (χ0v) is 23.2. The van der Waals surface area contributed by atoms with E-state index >= 15 is 0 Å². The lowest BCUT2D eigenvalue weighted by atomic mass is 9.77. The van der Waals surface area contributed by atoms with Crippen LogP contribution in [0.25, 0.3) is 17.2 Å². The fourth-order valence-corrected chi connectivity index (χ4v) is 5.13. The summed E-state index contributed by atoms with van der Waals surface area (Å²) < 4.78 is 32.9. The average molecular weight is 538 g/mol. The van der Waals surface area contributed by atoms with Gasteiger partial charge in [0.25, 0.3) is 0 Å². The van der Waals surface area contributed by atoms with Crippen molar-refractivity contribution in [1.29, 1.82) is 5.26 Å². The molecule has 5 rings (SSSR count). The van der Waals surface area contributed by atoms with Gasteiger partial charge in [0.05, 0.1) is 23.7 Å². The van der Waals surface area contributed by atoms with Crippen molar-refractivity contribution in [1.82, 2.24) is 5.32 Å². The Kier molecular flexibility index (Phi) is 7.54. The van der Waals surface area contributed by atoms with E-state index in [4.69, 9.17) is 19.3 Å². The van der Waals surface area contributed by atoms with Crippen LogP contribution in [0, 0.1) is 17.1 Å². The highest BCUT2D eigenvalue weighted by atomic mass is 19.1. The molecule has 0 atom stereocenters. The molecule has 1 N–H and O–H groups in total. The molecule has 1 amide bonds. The van der Waals surface area contributed by atoms with Crippen LogP contribution in [0.2, 0.25) is 0 Å². The van der Waals surface area contributed by atoms with Crippen LogP contribution < -0.4 is 5.32 Å². The van der Waals surface area contributed by atoms with Crippen molar-refractivity contribution in [2.24, 2.45) is 0 Å². The van der Waals surface area contributed by atoms with Crippen LogP contribution in [-0.2, 0) is 20.5 Å². The number of nitrogens with zero attached hydrogens (tertiary/aromatic N) is 1. The number of alkyl carbamates (subject to hydrolysis) is 1. The van der Waals surface area contributed by atoms with Crippen LogP contribution >= 0.6 is 0 Å². The molecule has 1 saturated heterocycles. The highest BCUT2D eigenvalue weighted by Gasteiger charge is 2.52. The molecule has 1 aliphatic carbocycles. The molecular formula is C32H32BFN2O4. The quantitative estimate of drug-likeness (QED) is 0.350. The van der Waals surface area contributed by atoms with E-state index in [1.165, 1.54) is 6.07 Å². The normalized spacial score (nSPS) is 17.2. The van der Waals surface area contributed by atoms with Gasteiger partial charge < -0.3 is 19.4 Å². The minimum absolute atomic E-state index is 0.0232. The molecule has 1 heterocycles. The number of ether oxygens (including phenoxy) is 1. The fourth-order valence-electron chi connectivity index (χ4n) is 5.13. The maximum Gasteiger partial charge on any atom is 0.492 e. The summed E-state index contributed by atoms with van der Waals surface area (Å²) in [6.07, 6.45) is 1.18. The lowest BCUT2D eigenvalue weighted by molar-refractivity contribution is 0.00578. The number of amides is 1. The molecule has 3 aromatic carbocycles. The van der Waals surface area contributed by atoms with Crippen molar-refractivity contribution in [3.63, 3.8) is 0 Å². The van der Waals surface area contributed by atoms with E-state index in [1.54, 1.807) is 18.2 Å². The molecule has 8 heteroatoms. The first-order chi connectivity index (χ1) is 19.1. The van der Waals surface area contributed by atoms with Gasteiger partial charge in [0.2, 0.25) is 0 Å². The predicted molar refractivity (Wildman–Crippen MR) is 153 cm³/mol. The van der Waals surface area contributed by atoms with Crippen molar-refractivity contribution in [2.45, 2.75) is 51.2 Å². The van der Waals surface area contributed by atoms with E-state index in [2.05, 4.69) is 35.7 Å². The van der Waals surface area contributed by atoms with E-state index in [9.17, 15) is 9.18 Å². The number of nitriles is 1. The van der Waals surface area contributed by atoms with Crippen molar-refractivity contribution >= 4 is 19.3 Å². The second kappa shape index (κ2) is 10.9. The minimum Gasteiger partial charge on any atom is -0.449 e. The standard InChI is InChI=1S/C32H32BFN2O4/c1-31(2)32(3,4)40-33(39-31)23(18-22-17-21(15-16-35)13-14-29(22)34)19-36-30(37)38-20-28-26-11-7-5-9-24(26)25-10-6-8-12-27(25)28/h5-14,17-18,28H,15,19-20H2,1-4H3,(H,36,37). The lowest BCUT2D eigenvalue weighted by Gasteiger charge is -2.32. The summed E-state index contributed by atoms with van der Waals surface area (Å²) >= 11 is 0. The summed E-state index contributed by atoms with van der Waals surface area (Å²) in [6, 6.07) is 22.9. The Bertz CT molecular complexity index is 1450. The number of nitrogens with one attached hydrogen (secondary N) is 1. The van der Waals surface area contributed by atoms with Gasteiger partial charge in [0.1, 0.15) is 12.4 Å². The SMILES string of the molecule is CC1(C)OB(C(=Cc2cc(CC#N)ccc2F)CNC(=O)OCC2c3ccccc3-c3ccccc32)OC1(C)C. The molecule has 0 aromatic heterocycles. The van der Waals surface area contributed by atoms with E-state index in [0.717, 1.165) is 22.3 Å². The Balaban J connectivity index is 1.33. The summed E-state index contributed by atoms with van der Waals surface area (Å²) in [5.74, 6) is -0.509. The molecule has 40 heavy (non-hydrogen) atoms. The van der Waals surface area contributed by atoms with E-state index < -0.39 is 30.2 Å². The number of carbonyl (C=O) groups excluding carboxylic acids is 1. The summed E-state index contributed by atoms with van der Waals surface area (Å²) in [6.45, 7) is 7.92.